The molecule has 62 valence electrons. The quantitative estimate of drug-likeness (QED) is 0.631. The first-order valence-corrected chi connectivity index (χ1v) is 3.90. The van der Waals surface area contributed by atoms with Crippen molar-refractivity contribution in [2.45, 2.75) is 4.90 Å². The number of rotatable bonds is 1. The van der Waals surface area contributed by atoms with Gasteiger partial charge in [-0.25, -0.2) is 13.6 Å². The second-order valence-electron chi connectivity index (χ2n) is 1.72. The van der Waals surface area contributed by atoms with E-state index in [4.69, 9.17) is 0 Å². The van der Waals surface area contributed by atoms with Gasteiger partial charge in [0.1, 0.15) is 0 Å². The summed E-state index contributed by atoms with van der Waals surface area (Å²) in [5, 5.41) is 6.98. The van der Waals surface area contributed by atoms with E-state index in [1.165, 1.54) is 0 Å². The Hall–Kier alpha value is -1.02. The van der Waals surface area contributed by atoms with E-state index in [1.807, 2.05) is 0 Å². The number of primary sulfonamides is 1. The van der Waals surface area contributed by atoms with E-state index in [0.29, 0.717) is 6.20 Å². The molecule has 0 bridgehead atoms. The molecule has 1 rings (SSSR count). The summed E-state index contributed by atoms with van der Waals surface area (Å²) in [4.78, 5) is -1.42. The maximum atomic E-state index is 12.3. The van der Waals surface area contributed by atoms with Crippen LogP contribution >= 0.6 is 0 Å². The number of hydrogen-bond acceptors (Lipinski definition) is 3. The van der Waals surface area contributed by atoms with E-state index in [9.17, 15) is 17.3 Å². The van der Waals surface area contributed by atoms with E-state index >= 15 is 0 Å². The lowest BCUT2D eigenvalue weighted by Crippen LogP contribution is -2.12. The van der Waals surface area contributed by atoms with Gasteiger partial charge in [0, 0.05) is 0 Å². The monoisotopic (exact) mass is 183 g/mol. The van der Waals surface area contributed by atoms with Gasteiger partial charge in [0.25, 0.3) is 5.95 Å². The summed E-state index contributed by atoms with van der Waals surface area (Å²) in [5.41, 5.74) is 0. The van der Waals surface area contributed by atoms with E-state index in [1.54, 1.807) is 0 Å². The molecular weight excluding hydrogens is 180 g/mol. The third kappa shape index (κ3) is 1.52. The molecule has 0 amide bonds. The Morgan fingerprint density at radius 3 is 2.36 bits per heavy atom. The van der Waals surface area contributed by atoms with Crippen LogP contribution in [0.2, 0.25) is 0 Å². The second-order valence-corrected chi connectivity index (χ2v) is 3.25. The van der Waals surface area contributed by atoms with Crippen molar-refractivity contribution in [1.29, 1.82) is 0 Å². The van der Waals surface area contributed by atoms with Crippen LogP contribution < -0.4 is 5.14 Å². The second kappa shape index (κ2) is 2.24. The molecule has 1 aromatic rings. The summed E-state index contributed by atoms with van der Waals surface area (Å²) in [6, 6.07) is 0. The van der Waals surface area contributed by atoms with Gasteiger partial charge in [-0.3, -0.25) is 0 Å². The van der Waals surface area contributed by atoms with Gasteiger partial charge in [0.05, 0.1) is 6.20 Å². The third-order valence-electron chi connectivity index (χ3n) is 0.917. The Morgan fingerprint density at radius 2 is 2.18 bits per heavy atom. The fourth-order valence-electron chi connectivity index (χ4n) is 0.503. The van der Waals surface area contributed by atoms with Crippen LogP contribution in [0.5, 0.6) is 0 Å². The van der Waals surface area contributed by atoms with Crippen molar-refractivity contribution < 1.29 is 17.3 Å². The Labute approximate surface area is 60.4 Å². The van der Waals surface area contributed by atoms with Crippen molar-refractivity contribution in [1.82, 2.24) is 10.0 Å². The van der Waals surface area contributed by atoms with Crippen molar-refractivity contribution in [3.63, 3.8) is 0 Å². The van der Waals surface area contributed by atoms with Gasteiger partial charge in [-0.1, -0.05) is 9.39 Å². The van der Waals surface area contributed by atoms with Gasteiger partial charge in [0.2, 0.25) is 10.0 Å². The highest BCUT2D eigenvalue weighted by Crippen LogP contribution is 2.09. The maximum Gasteiger partial charge on any atom is 0.255 e. The summed E-state index contributed by atoms with van der Waals surface area (Å²) >= 11 is 0. The van der Waals surface area contributed by atoms with Gasteiger partial charge >= 0.3 is 0 Å². The minimum absolute atomic E-state index is 0.338. The zero-order chi connectivity index (χ0) is 8.65. The number of nitrogens with two attached hydrogens (primary N) is 1. The first-order valence-electron chi connectivity index (χ1n) is 2.35. The molecule has 1 aromatic heterocycles. The van der Waals surface area contributed by atoms with Crippen LogP contribution in [0.4, 0.5) is 8.87 Å². The molecule has 0 saturated carbocycles. The first kappa shape index (κ1) is 8.08. The molecule has 0 fully saturated rings. The van der Waals surface area contributed by atoms with E-state index < -0.39 is 25.8 Å². The SMILES string of the molecule is NS(=O)(=O)c1cn(F)nc1F. The third-order valence-corrected chi connectivity index (χ3v) is 1.80. The Balaban J connectivity index is 3.36. The normalized spacial score (nSPS) is 11.9. The summed E-state index contributed by atoms with van der Waals surface area (Å²) in [6.45, 7) is 0. The van der Waals surface area contributed by atoms with Crippen molar-refractivity contribution in [2.24, 2.45) is 5.14 Å². The number of nitrogens with zero attached hydrogens (tertiary/aromatic N) is 2. The number of halogens is 2. The van der Waals surface area contributed by atoms with Crippen LogP contribution in [0.25, 0.3) is 0 Å². The maximum absolute atomic E-state index is 12.3. The highest BCUT2D eigenvalue weighted by atomic mass is 32.2. The topological polar surface area (TPSA) is 78.0 Å². The largest absolute Gasteiger partial charge is 0.255 e. The molecule has 11 heavy (non-hydrogen) atoms. The van der Waals surface area contributed by atoms with Crippen molar-refractivity contribution >= 4 is 10.0 Å². The fourth-order valence-corrected chi connectivity index (χ4v) is 1.01. The summed E-state index contributed by atoms with van der Waals surface area (Å²) in [7, 11) is -4.21. The first-order chi connectivity index (χ1) is 4.91. The van der Waals surface area contributed by atoms with E-state index in [0.717, 1.165) is 0 Å². The standard InChI is InChI=1S/C3H3F2N3O2S/c4-3-2(11(6,9)10)1-8(5)7-3/h1H,(H2,6,9,10). The minimum atomic E-state index is -4.21. The van der Waals surface area contributed by atoms with Crippen LogP contribution in [-0.2, 0) is 10.0 Å². The van der Waals surface area contributed by atoms with E-state index in [2.05, 4.69) is 10.2 Å². The number of hydrogen-bond donors (Lipinski definition) is 1. The highest BCUT2D eigenvalue weighted by Gasteiger charge is 2.18. The molecule has 0 radical (unpaired) electrons. The summed E-state index contributed by atoms with van der Waals surface area (Å²) in [5.74, 6) is -1.45. The van der Waals surface area contributed by atoms with Gasteiger partial charge < -0.3 is 0 Å². The van der Waals surface area contributed by atoms with Crippen LogP contribution in [0.1, 0.15) is 0 Å². The molecule has 0 aliphatic carbocycles. The predicted octanol–water partition coefficient (Wildman–Crippen LogP) is -0.598. The average molecular weight is 183 g/mol. The predicted molar refractivity (Wildman–Crippen MR) is 30.1 cm³/mol. The molecule has 8 heteroatoms. The van der Waals surface area contributed by atoms with E-state index in [-0.39, 0.29) is 0 Å². The van der Waals surface area contributed by atoms with Gasteiger partial charge in [-0.05, 0) is 0 Å². The molecule has 0 saturated heterocycles. The van der Waals surface area contributed by atoms with Crippen LogP contribution in [0, 0.1) is 5.95 Å². The Bertz CT molecular complexity index is 370. The molecule has 5 nitrogen and oxygen atoms in total. The zero-order valence-electron chi connectivity index (χ0n) is 5.03. The Morgan fingerprint density at radius 1 is 1.64 bits per heavy atom. The molecule has 0 unspecified atom stereocenters. The average Bonchev–Trinajstić information content (AvgIpc) is 2.08. The van der Waals surface area contributed by atoms with Gasteiger partial charge in [0.15, 0.2) is 4.90 Å². The zero-order valence-corrected chi connectivity index (χ0v) is 5.85. The molecule has 0 spiro atoms. The number of aromatic nitrogens is 2. The molecule has 0 aromatic carbocycles. The smallest absolute Gasteiger partial charge is 0.224 e. The van der Waals surface area contributed by atoms with Gasteiger partial charge in [-0.2, -0.15) is 4.39 Å². The lowest BCUT2D eigenvalue weighted by atomic mass is 10.7. The van der Waals surface area contributed by atoms with Crippen molar-refractivity contribution in [2.75, 3.05) is 0 Å². The lowest BCUT2D eigenvalue weighted by molar-refractivity contribution is 0.303. The minimum Gasteiger partial charge on any atom is -0.224 e. The van der Waals surface area contributed by atoms with Crippen LogP contribution in [-0.4, -0.2) is 18.4 Å². The van der Waals surface area contributed by atoms with Crippen LogP contribution in [0.15, 0.2) is 11.1 Å². The molecule has 1 heterocycles. The fraction of sp³-hybridized carbons (Fsp3) is 0. The molecule has 0 atom stereocenters. The van der Waals surface area contributed by atoms with Crippen molar-refractivity contribution in [3.8, 4) is 0 Å². The van der Waals surface area contributed by atoms with Gasteiger partial charge in [-0.15, -0.1) is 5.10 Å². The summed E-state index contributed by atoms with van der Waals surface area (Å²) in [6.07, 6.45) is 0.338. The lowest BCUT2D eigenvalue weighted by Gasteiger charge is -1.87. The number of sulfonamides is 1. The highest BCUT2D eigenvalue weighted by molar-refractivity contribution is 7.89. The molecule has 2 N–H and O–H groups in total. The molecule has 0 aliphatic rings. The molecular formula is C3H3F2N3O2S. The summed E-state index contributed by atoms with van der Waals surface area (Å²) < 4.78 is 45.0. The molecule has 0 aliphatic heterocycles. The Kier molecular flexibility index (Phi) is 1.64. The van der Waals surface area contributed by atoms with Crippen molar-refractivity contribution in [3.05, 3.63) is 12.1 Å². The van der Waals surface area contributed by atoms with Crippen LogP contribution in [0.3, 0.4) is 0 Å².